The van der Waals surface area contributed by atoms with Gasteiger partial charge < -0.3 is 4.74 Å². The number of nitrogens with zero attached hydrogens (tertiary/aromatic N) is 3. The van der Waals surface area contributed by atoms with Crippen LogP contribution in [0.5, 0.6) is 0 Å². The van der Waals surface area contributed by atoms with Crippen molar-refractivity contribution in [3.05, 3.63) is 36.3 Å². The zero-order valence-electron chi connectivity index (χ0n) is 9.62. The van der Waals surface area contributed by atoms with Gasteiger partial charge in [0.15, 0.2) is 0 Å². The summed E-state index contributed by atoms with van der Waals surface area (Å²) in [6.45, 7) is 0. The number of nitrogens with one attached hydrogen (secondary N) is 1. The quantitative estimate of drug-likeness (QED) is 0.464. The summed E-state index contributed by atoms with van der Waals surface area (Å²) in [5.74, 6) is 4.94. The largest absolute Gasteiger partial charge is 0.465 e. The van der Waals surface area contributed by atoms with E-state index in [1.807, 2.05) is 0 Å². The standard InChI is InChI=1S/C11H11N5O2/c1-18-10(17)8-6-14-11(16-12)15-9(8)7-3-2-4-13-5-7/h2-6H,12H2,1H3,(H,14,15,16). The Kier molecular flexibility index (Phi) is 3.44. The molecule has 0 fully saturated rings. The summed E-state index contributed by atoms with van der Waals surface area (Å²) >= 11 is 0. The molecule has 92 valence electrons. The first-order chi connectivity index (χ1) is 8.76. The van der Waals surface area contributed by atoms with Crippen molar-refractivity contribution in [1.82, 2.24) is 15.0 Å². The minimum atomic E-state index is -0.516. The maximum atomic E-state index is 11.6. The van der Waals surface area contributed by atoms with E-state index in [1.165, 1.54) is 13.3 Å². The highest BCUT2D eigenvalue weighted by molar-refractivity contribution is 5.95. The lowest BCUT2D eigenvalue weighted by Gasteiger charge is -2.08. The Bertz CT molecular complexity index is 559. The number of nitrogen functional groups attached to an aromatic ring is 1. The predicted molar refractivity (Wildman–Crippen MR) is 64.4 cm³/mol. The van der Waals surface area contributed by atoms with Gasteiger partial charge >= 0.3 is 5.97 Å². The van der Waals surface area contributed by atoms with Gasteiger partial charge in [-0.2, -0.15) is 0 Å². The number of hydrogen-bond donors (Lipinski definition) is 2. The average molecular weight is 245 g/mol. The number of anilines is 1. The second-order valence-electron chi connectivity index (χ2n) is 3.33. The third-order valence-corrected chi connectivity index (χ3v) is 2.26. The number of esters is 1. The normalized spacial score (nSPS) is 9.89. The second kappa shape index (κ2) is 5.19. The number of carbonyl (C=O) groups excluding carboxylic acids is 1. The van der Waals surface area contributed by atoms with Crippen molar-refractivity contribution in [3.63, 3.8) is 0 Å². The summed E-state index contributed by atoms with van der Waals surface area (Å²) in [5, 5.41) is 0. The van der Waals surface area contributed by atoms with E-state index in [1.54, 1.807) is 24.5 Å². The van der Waals surface area contributed by atoms with Crippen molar-refractivity contribution in [2.24, 2.45) is 5.84 Å². The second-order valence-corrected chi connectivity index (χ2v) is 3.33. The monoisotopic (exact) mass is 245 g/mol. The molecule has 0 bridgehead atoms. The average Bonchev–Trinajstić information content (AvgIpc) is 2.46. The predicted octanol–water partition coefficient (Wildman–Crippen LogP) is 0.611. The molecule has 0 saturated heterocycles. The summed E-state index contributed by atoms with van der Waals surface area (Å²) in [6, 6.07) is 3.52. The Labute approximate surface area is 103 Å². The van der Waals surface area contributed by atoms with Crippen LogP contribution in [0.3, 0.4) is 0 Å². The molecule has 18 heavy (non-hydrogen) atoms. The van der Waals surface area contributed by atoms with Crippen molar-refractivity contribution < 1.29 is 9.53 Å². The van der Waals surface area contributed by atoms with Gasteiger partial charge in [0, 0.05) is 24.2 Å². The fourth-order valence-corrected chi connectivity index (χ4v) is 1.43. The fourth-order valence-electron chi connectivity index (χ4n) is 1.43. The number of aromatic nitrogens is 3. The number of hydrazine groups is 1. The van der Waals surface area contributed by atoms with E-state index >= 15 is 0 Å². The van der Waals surface area contributed by atoms with Gasteiger partial charge in [0.1, 0.15) is 5.56 Å². The van der Waals surface area contributed by atoms with Crippen LogP contribution < -0.4 is 11.3 Å². The Morgan fingerprint density at radius 2 is 2.28 bits per heavy atom. The van der Waals surface area contributed by atoms with Crippen LogP contribution in [0.2, 0.25) is 0 Å². The van der Waals surface area contributed by atoms with E-state index in [2.05, 4.69) is 25.1 Å². The molecule has 7 heteroatoms. The van der Waals surface area contributed by atoms with Crippen molar-refractivity contribution in [1.29, 1.82) is 0 Å². The molecule has 0 spiro atoms. The van der Waals surface area contributed by atoms with Crippen LogP contribution in [-0.2, 0) is 4.74 Å². The van der Waals surface area contributed by atoms with E-state index in [4.69, 9.17) is 5.84 Å². The lowest BCUT2D eigenvalue weighted by Crippen LogP contribution is -2.13. The smallest absolute Gasteiger partial charge is 0.341 e. The van der Waals surface area contributed by atoms with Gasteiger partial charge in [-0.3, -0.25) is 10.4 Å². The van der Waals surface area contributed by atoms with Crippen LogP contribution >= 0.6 is 0 Å². The molecule has 2 rings (SSSR count). The van der Waals surface area contributed by atoms with Gasteiger partial charge in [-0.15, -0.1) is 0 Å². The molecule has 0 saturated carbocycles. The Morgan fingerprint density at radius 3 is 2.89 bits per heavy atom. The highest BCUT2D eigenvalue weighted by atomic mass is 16.5. The number of methoxy groups -OCH3 is 1. The molecule has 2 aromatic heterocycles. The van der Waals surface area contributed by atoms with Gasteiger partial charge in [0.05, 0.1) is 12.8 Å². The third kappa shape index (κ3) is 2.25. The Balaban J connectivity index is 2.58. The minimum Gasteiger partial charge on any atom is -0.465 e. The maximum Gasteiger partial charge on any atom is 0.341 e. The molecule has 0 unspecified atom stereocenters. The van der Waals surface area contributed by atoms with Crippen molar-refractivity contribution in [2.75, 3.05) is 12.5 Å². The number of ether oxygens (including phenoxy) is 1. The van der Waals surface area contributed by atoms with Gasteiger partial charge in [-0.1, -0.05) is 0 Å². The first kappa shape index (κ1) is 11.9. The van der Waals surface area contributed by atoms with E-state index in [0.29, 0.717) is 11.3 Å². The van der Waals surface area contributed by atoms with Gasteiger partial charge in [0.25, 0.3) is 0 Å². The van der Waals surface area contributed by atoms with Gasteiger partial charge in [-0.25, -0.2) is 20.6 Å². The summed E-state index contributed by atoms with van der Waals surface area (Å²) in [7, 11) is 1.30. The Hall–Kier alpha value is -2.54. The van der Waals surface area contributed by atoms with Crippen LogP contribution in [0.25, 0.3) is 11.3 Å². The molecule has 0 aliphatic rings. The third-order valence-electron chi connectivity index (χ3n) is 2.26. The van der Waals surface area contributed by atoms with E-state index < -0.39 is 5.97 Å². The summed E-state index contributed by atoms with van der Waals surface area (Å²) < 4.78 is 4.68. The highest BCUT2D eigenvalue weighted by Gasteiger charge is 2.16. The van der Waals surface area contributed by atoms with Crippen molar-refractivity contribution in [3.8, 4) is 11.3 Å². The number of pyridine rings is 1. The molecule has 7 nitrogen and oxygen atoms in total. The number of nitrogens with two attached hydrogens (primary N) is 1. The van der Waals surface area contributed by atoms with Crippen LogP contribution in [0.1, 0.15) is 10.4 Å². The SMILES string of the molecule is COC(=O)c1cnc(NN)nc1-c1cccnc1. The first-order valence-electron chi connectivity index (χ1n) is 5.08. The topological polar surface area (TPSA) is 103 Å². The fraction of sp³-hybridized carbons (Fsp3) is 0.0909. The van der Waals surface area contributed by atoms with Crippen molar-refractivity contribution in [2.45, 2.75) is 0 Å². The molecule has 0 aromatic carbocycles. The lowest BCUT2D eigenvalue weighted by atomic mass is 10.1. The van der Waals surface area contributed by atoms with Crippen LogP contribution in [-0.4, -0.2) is 28.0 Å². The molecule has 3 N–H and O–H groups in total. The summed E-state index contributed by atoms with van der Waals surface area (Å²) in [4.78, 5) is 23.6. The molecule has 0 atom stereocenters. The first-order valence-corrected chi connectivity index (χ1v) is 5.08. The lowest BCUT2D eigenvalue weighted by molar-refractivity contribution is 0.0601. The van der Waals surface area contributed by atoms with Gasteiger partial charge in [-0.05, 0) is 12.1 Å². The maximum absolute atomic E-state index is 11.6. The van der Waals surface area contributed by atoms with Gasteiger partial charge in [0.2, 0.25) is 5.95 Å². The zero-order chi connectivity index (χ0) is 13.0. The number of carbonyl (C=O) groups is 1. The molecule has 0 aliphatic heterocycles. The zero-order valence-corrected chi connectivity index (χ0v) is 9.62. The Morgan fingerprint density at radius 1 is 1.44 bits per heavy atom. The molecule has 0 radical (unpaired) electrons. The molecule has 0 aliphatic carbocycles. The van der Waals surface area contributed by atoms with Crippen molar-refractivity contribution >= 4 is 11.9 Å². The molecule has 2 heterocycles. The minimum absolute atomic E-state index is 0.210. The summed E-state index contributed by atoms with van der Waals surface area (Å²) in [5.41, 5.74) is 3.67. The van der Waals surface area contributed by atoms with Crippen LogP contribution in [0.4, 0.5) is 5.95 Å². The molecular weight excluding hydrogens is 234 g/mol. The van der Waals surface area contributed by atoms with E-state index in [9.17, 15) is 4.79 Å². The van der Waals surface area contributed by atoms with E-state index in [-0.39, 0.29) is 11.5 Å². The van der Waals surface area contributed by atoms with E-state index in [0.717, 1.165) is 0 Å². The molecule has 2 aromatic rings. The highest BCUT2D eigenvalue weighted by Crippen LogP contribution is 2.21. The molecular formula is C11H11N5O2. The van der Waals surface area contributed by atoms with Crippen LogP contribution in [0, 0.1) is 0 Å². The van der Waals surface area contributed by atoms with Crippen LogP contribution in [0.15, 0.2) is 30.7 Å². The summed E-state index contributed by atoms with van der Waals surface area (Å²) in [6.07, 6.45) is 4.58. The number of hydrogen-bond acceptors (Lipinski definition) is 7. The number of rotatable bonds is 3. The molecule has 0 amide bonds.